The molecular weight excluding hydrogens is 289 g/mol. The van der Waals surface area contributed by atoms with Gasteiger partial charge in [-0.1, -0.05) is 23.7 Å². The number of halogens is 2. The predicted octanol–water partition coefficient (Wildman–Crippen LogP) is 2.76. The normalized spacial score (nSPS) is 10.7. The molecule has 1 aromatic carbocycles. The molecule has 1 atom stereocenters. The maximum Gasteiger partial charge on any atom is 0.320 e. The van der Waals surface area contributed by atoms with Crippen LogP contribution in [0, 0.1) is 0 Å². The molecule has 0 radical (unpaired) electrons. The molecule has 0 saturated heterocycles. The fourth-order valence-corrected chi connectivity index (χ4v) is 1.29. The molecule has 3 N–H and O–H groups in total. The fraction of sp³-hybridized carbons (Fsp3) is 0.462. The molecule has 1 aromatic rings. The number of carboxylic acid groups (broad SMARTS) is 1. The van der Waals surface area contributed by atoms with Gasteiger partial charge in [0.05, 0.1) is 0 Å². The standard InChI is InChI=1S/C9H10ClNO2.C4H10O.ClH/c10-7-3-1-6(2-4-7)5-8(11)9(12)13;1-3-5-4-2;/h1-4,8H,5,11H2,(H,12,13);3-4H2,1-2H3;1H/t8-;;/m0../s1. The Balaban J connectivity index is 0. The minimum Gasteiger partial charge on any atom is -0.480 e. The number of ether oxygens (including phenoxy) is 1. The van der Waals surface area contributed by atoms with Gasteiger partial charge in [-0.3, -0.25) is 4.79 Å². The van der Waals surface area contributed by atoms with Crippen molar-refractivity contribution in [3.63, 3.8) is 0 Å². The van der Waals surface area contributed by atoms with Gasteiger partial charge in [0, 0.05) is 18.2 Å². The van der Waals surface area contributed by atoms with Crippen LogP contribution in [0.3, 0.4) is 0 Å². The third-order valence-electron chi connectivity index (χ3n) is 2.09. The number of nitrogens with two attached hydrogens (primary N) is 1. The Morgan fingerprint density at radius 1 is 1.32 bits per heavy atom. The van der Waals surface area contributed by atoms with Crippen molar-refractivity contribution in [2.45, 2.75) is 26.3 Å². The van der Waals surface area contributed by atoms with Gasteiger partial charge in [0.15, 0.2) is 0 Å². The Labute approximate surface area is 125 Å². The maximum absolute atomic E-state index is 10.4. The second-order valence-corrected chi connectivity index (χ2v) is 3.99. The summed E-state index contributed by atoms with van der Waals surface area (Å²) in [7, 11) is 0. The molecule has 4 nitrogen and oxygen atoms in total. The summed E-state index contributed by atoms with van der Waals surface area (Å²) in [4.78, 5) is 10.4. The topological polar surface area (TPSA) is 72.5 Å². The number of carboxylic acids is 1. The molecule has 19 heavy (non-hydrogen) atoms. The molecule has 0 aliphatic carbocycles. The quantitative estimate of drug-likeness (QED) is 0.877. The molecule has 0 amide bonds. The van der Waals surface area contributed by atoms with E-state index in [4.69, 9.17) is 27.2 Å². The highest BCUT2D eigenvalue weighted by molar-refractivity contribution is 6.30. The molecule has 0 unspecified atom stereocenters. The van der Waals surface area contributed by atoms with E-state index in [2.05, 4.69) is 0 Å². The van der Waals surface area contributed by atoms with Gasteiger partial charge in [-0.05, 0) is 38.0 Å². The number of aliphatic carboxylic acids is 1. The molecule has 0 fully saturated rings. The molecule has 1 rings (SSSR count). The van der Waals surface area contributed by atoms with Gasteiger partial charge < -0.3 is 15.6 Å². The first kappa shape index (κ1) is 20.5. The summed E-state index contributed by atoms with van der Waals surface area (Å²) in [5, 5.41) is 9.18. The van der Waals surface area contributed by atoms with E-state index < -0.39 is 12.0 Å². The molecule has 0 spiro atoms. The predicted molar refractivity (Wildman–Crippen MR) is 80.2 cm³/mol. The van der Waals surface area contributed by atoms with E-state index >= 15 is 0 Å². The van der Waals surface area contributed by atoms with Crippen LogP contribution in [-0.2, 0) is 16.0 Å². The van der Waals surface area contributed by atoms with Crippen LogP contribution in [0.1, 0.15) is 19.4 Å². The highest BCUT2D eigenvalue weighted by Gasteiger charge is 2.11. The van der Waals surface area contributed by atoms with Gasteiger partial charge in [-0.15, -0.1) is 12.4 Å². The molecule has 0 aromatic heterocycles. The van der Waals surface area contributed by atoms with E-state index in [1.807, 2.05) is 13.8 Å². The van der Waals surface area contributed by atoms with Crippen LogP contribution >= 0.6 is 24.0 Å². The van der Waals surface area contributed by atoms with Gasteiger partial charge in [-0.25, -0.2) is 0 Å². The van der Waals surface area contributed by atoms with Crippen molar-refractivity contribution >= 4 is 30.0 Å². The minimum absolute atomic E-state index is 0. The summed E-state index contributed by atoms with van der Waals surface area (Å²) >= 11 is 5.66. The van der Waals surface area contributed by atoms with Crippen molar-refractivity contribution in [3.05, 3.63) is 34.9 Å². The zero-order valence-electron chi connectivity index (χ0n) is 11.1. The molecule has 0 aliphatic rings. The average Bonchev–Trinajstić information content (AvgIpc) is 2.34. The maximum atomic E-state index is 10.4. The minimum atomic E-state index is -0.991. The Morgan fingerprint density at radius 2 is 1.79 bits per heavy atom. The van der Waals surface area contributed by atoms with Crippen LogP contribution in [0.25, 0.3) is 0 Å². The van der Waals surface area contributed by atoms with E-state index in [0.717, 1.165) is 18.8 Å². The Hall–Kier alpha value is -0.810. The van der Waals surface area contributed by atoms with Crippen molar-refractivity contribution in [2.24, 2.45) is 5.73 Å². The molecule has 6 heteroatoms. The van der Waals surface area contributed by atoms with E-state index in [0.29, 0.717) is 11.4 Å². The second kappa shape index (κ2) is 12.2. The summed E-state index contributed by atoms with van der Waals surface area (Å²) in [6, 6.07) is 6.12. The van der Waals surface area contributed by atoms with Crippen molar-refractivity contribution in [2.75, 3.05) is 13.2 Å². The lowest BCUT2D eigenvalue weighted by Crippen LogP contribution is -2.32. The van der Waals surface area contributed by atoms with Crippen LogP contribution < -0.4 is 5.73 Å². The fourth-order valence-electron chi connectivity index (χ4n) is 1.17. The number of rotatable bonds is 5. The number of benzene rings is 1. The lowest BCUT2D eigenvalue weighted by Gasteiger charge is -2.05. The Kier molecular flexibility index (Phi) is 13.2. The highest BCUT2D eigenvalue weighted by atomic mass is 35.5. The largest absolute Gasteiger partial charge is 0.480 e. The van der Waals surface area contributed by atoms with E-state index in [9.17, 15) is 4.79 Å². The number of carbonyl (C=O) groups is 1. The zero-order valence-corrected chi connectivity index (χ0v) is 12.7. The molecule has 0 heterocycles. The van der Waals surface area contributed by atoms with E-state index in [-0.39, 0.29) is 12.4 Å². The van der Waals surface area contributed by atoms with Crippen LogP contribution in [0.5, 0.6) is 0 Å². The number of hydrogen-bond donors (Lipinski definition) is 2. The Morgan fingerprint density at radius 3 is 2.11 bits per heavy atom. The van der Waals surface area contributed by atoms with Crippen LogP contribution in [0.15, 0.2) is 24.3 Å². The SMILES string of the molecule is CCOCC.Cl.N[C@@H](Cc1ccc(Cl)cc1)C(=O)O. The van der Waals surface area contributed by atoms with Crippen molar-refractivity contribution in [1.82, 2.24) is 0 Å². The molecule has 110 valence electrons. The second-order valence-electron chi connectivity index (χ2n) is 3.56. The third-order valence-corrected chi connectivity index (χ3v) is 2.35. The van der Waals surface area contributed by atoms with Crippen LogP contribution in [0.4, 0.5) is 0 Å². The zero-order chi connectivity index (χ0) is 14.0. The van der Waals surface area contributed by atoms with Crippen molar-refractivity contribution in [1.29, 1.82) is 0 Å². The third kappa shape index (κ3) is 10.8. The average molecular weight is 310 g/mol. The summed E-state index contributed by atoms with van der Waals surface area (Å²) in [5.41, 5.74) is 6.23. The van der Waals surface area contributed by atoms with Gasteiger partial charge in [0.1, 0.15) is 6.04 Å². The lowest BCUT2D eigenvalue weighted by molar-refractivity contribution is -0.138. The van der Waals surface area contributed by atoms with Crippen molar-refractivity contribution in [3.8, 4) is 0 Å². The van der Waals surface area contributed by atoms with E-state index in [1.54, 1.807) is 24.3 Å². The summed E-state index contributed by atoms with van der Waals surface area (Å²) < 4.78 is 4.83. The first-order chi connectivity index (χ1) is 8.51. The summed E-state index contributed by atoms with van der Waals surface area (Å²) in [6.45, 7) is 5.67. The first-order valence-electron chi connectivity index (χ1n) is 5.81. The van der Waals surface area contributed by atoms with Gasteiger partial charge >= 0.3 is 5.97 Å². The van der Waals surface area contributed by atoms with Gasteiger partial charge in [0.2, 0.25) is 0 Å². The number of hydrogen-bond acceptors (Lipinski definition) is 3. The monoisotopic (exact) mass is 309 g/mol. The summed E-state index contributed by atoms with van der Waals surface area (Å²) in [6.07, 6.45) is 0.326. The Bertz CT molecular complexity index is 342. The molecular formula is C13H21Cl2NO3. The highest BCUT2D eigenvalue weighted by Crippen LogP contribution is 2.10. The van der Waals surface area contributed by atoms with E-state index in [1.165, 1.54) is 0 Å². The van der Waals surface area contributed by atoms with Crippen LogP contribution in [-0.4, -0.2) is 30.3 Å². The van der Waals surface area contributed by atoms with Gasteiger partial charge in [0.25, 0.3) is 0 Å². The van der Waals surface area contributed by atoms with Gasteiger partial charge in [-0.2, -0.15) is 0 Å². The smallest absolute Gasteiger partial charge is 0.320 e. The van der Waals surface area contributed by atoms with Crippen LogP contribution in [0.2, 0.25) is 5.02 Å². The van der Waals surface area contributed by atoms with Crippen molar-refractivity contribution < 1.29 is 14.6 Å². The lowest BCUT2D eigenvalue weighted by atomic mass is 10.1. The first-order valence-corrected chi connectivity index (χ1v) is 6.19. The molecule has 0 bridgehead atoms. The molecule has 0 saturated carbocycles. The molecule has 0 aliphatic heterocycles. The summed E-state index contributed by atoms with van der Waals surface area (Å²) in [5.74, 6) is -0.991.